The lowest BCUT2D eigenvalue weighted by molar-refractivity contribution is 0.103. The van der Waals surface area contributed by atoms with Gasteiger partial charge in [-0.1, -0.05) is 17.4 Å². The second-order valence-electron chi connectivity index (χ2n) is 6.48. The third kappa shape index (κ3) is 3.72. The number of ether oxygens (including phenoxy) is 1. The molecule has 0 fully saturated rings. The SMILES string of the molecule is COc1ccc2cc(Nc3ncc(C(=O)Nc4c(C)ccc(O)c4C)s3)nn2c1. The number of aromatic hydroxyl groups is 1. The second-order valence-corrected chi connectivity index (χ2v) is 7.51. The molecule has 29 heavy (non-hydrogen) atoms. The van der Waals surface area contributed by atoms with E-state index in [2.05, 4.69) is 20.7 Å². The number of hydrogen-bond acceptors (Lipinski definition) is 7. The third-order valence-corrected chi connectivity index (χ3v) is 5.43. The minimum Gasteiger partial charge on any atom is -0.508 e. The van der Waals surface area contributed by atoms with Gasteiger partial charge in [-0.2, -0.15) is 0 Å². The fraction of sp³-hybridized carbons (Fsp3) is 0.150. The molecule has 0 spiro atoms. The van der Waals surface area contributed by atoms with Crippen molar-refractivity contribution in [2.24, 2.45) is 0 Å². The summed E-state index contributed by atoms with van der Waals surface area (Å²) >= 11 is 1.22. The third-order valence-electron chi connectivity index (χ3n) is 4.52. The molecule has 148 valence electrons. The Morgan fingerprint density at radius 2 is 2.07 bits per heavy atom. The molecule has 4 rings (SSSR count). The Labute approximate surface area is 170 Å². The number of carbonyl (C=O) groups is 1. The number of anilines is 3. The van der Waals surface area contributed by atoms with Crippen molar-refractivity contribution in [1.82, 2.24) is 14.6 Å². The molecule has 0 bridgehead atoms. The van der Waals surface area contributed by atoms with Gasteiger partial charge in [-0.3, -0.25) is 4.79 Å². The number of methoxy groups -OCH3 is 1. The van der Waals surface area contributed by atoms with Gasteiger partial charge in [-0.25, -0.2) is 9.50 Å². The summed E-state index contributed by atoms with van der Waals surface area (Å²) in [6.07, 6.45) is 3.29. The van der Waals surface area contributed by atoms with Crippen molar-refractivity contribution in [2.45, 2.75) is 13.8 Å². The highest BCUT2D eigenvalue weighted by Gasteiger charge is 2.15. The molecule has 0 atom stereocenters. The average Bonchev–Trinajstić information content (AvgIpc) is 3.34. The van der Waals surface area contributed by atoms with Crippen LogP contribution in [-0.4, -0.2) is 32.7 Å². The van der Waals surface area contributed by atoms with Gasteiger partial charge < -0.3 is 20.5 Å². The van der Waals surface area contributed by atoms with Gasteiger partial charge in [-0.05, 0) is 37.6 Å². The number of carbonyl (C=O) groups excluding carboxylic acids is 1. The van der Waals surface area contributed by atoms with E-state index in [0.29, 0.717) is 32.8 Å². The van der Waals surface area contributed by atoms with E-state index >= 15 is 0 Å². The normalized spacial score (nSPS) is 10.9. The van der Waals surface area contributed by atoms with Crippen molar-refractivity contribution in [3.63, 3.8) is 0 Å². The Morgan fingerprint density at radius 3 is 2.86 bits per heavy atom. The van der Waals surface area contributed by atoms with Crippen molar-refractivity contribution in [2.75, 3.05) is 17.7 Å². The number of nitrogens with zero attached hydrogens (tertiary/aromatic N) is 3. The lowest BCUT2D eigenvalue weighted by Crippen LogP contribution is -2.12. The van der Waals surface area contributed by atoms with Gasteiger partial charge >= 0.3 is 0 Å². The number of fused-ring (bicyclic) bond motifs is 1. The summed E-state index contributed by atoms with van der Waals surface area (Å²) in [6.45, 7) is 3.64. The quantitative estimate of drug-likeness (QED) is 0.458. The van der Waals surface area contributed by atoms with Crippen LogP contribution >= 0.6 is 11.3 Å². The van der Waals surface area contributed by atoms with Gasteiger partial charge in [0.15, 0.2) is 10.9 Å². The summed E-state index contributed by atoms with van der Waals surface area (Å²) in [5, 5.41) is 20.8. The van der Waals surface area contributed by atoms with Crippen molar-refractivity contribution in [3.05, 3.63) is 58.7 Å². The second kappa shape index (κ2) is 7.44. The van der Waals surface area contributed by atoms with Crippen LogP contribution in [0.25, 0.3) is 5.52 Å². The molecule has 0 radical (unpaired) electrons. The zero-order valence-corrected chi connectivity index (χ0v) is 16.9. The van der Waals surface area contributed by atoms with E-state index in [1.807, 2.05) is 25.1 Å². The van der Waals surface area contributed by atoms with Crippen LogP contribution in [0.1, 0.15) is 20.8 Å². The standard InChI is InChI=1S/C20H19N5O3S/c1-11-4-7-15(26)12(2)18(11)23-19(27)16-9-21-20(29-16)22-17-8-13-5-6-14(28-3)10-25(13)24-17/h4-10,26H,1-3H3,(H,23,27)(H,21,22,24). The smallest absolute Gasteiger partial charge is 0.267 e. The number of phenolic OH excluding ortho intramolecular Hbond substituents is 1. The zero-order valence-electron chi connectivity index (χ0n) is 16.1. The lowest BCUT2D eigenvalue weighted by Gasteiger charge is -2.11. The number of hydrogen-bond donors (Lipinski definition) is 3. The fourth-order valence-electron chi connectivity index (χ4n) is 2.90. The van der Waals surface area contributed by atoms with Crippen LogP contribution < -0.4 is 15.4 Å². The summed E-state index contributed by atoms with van der Waals surface area (Å²) in [5.41, 5.74) is 3.00. The highest BCUT2D eigenvalue weighted by atomic mass is 32.1. The topological polar surface area (TPSA) is 101 Å². The minimum atomic E-state index is -0.285. The van der Waals surface area contributed by atoms with E-state index in [0.717, 1.165) is 11.1 Å². The van der Waals surface area contributed by atoms with Gasteiger partial charge in [0.05, 0.1) is 30.7 Å². The van der Waals surface area contributed by atoms with Crippen LogP contribution in [-0.2, 0) is 0 Å². The van der Waals surface area contributed by atoms with E-state index in [-0.39, 0.29) is 11.7 Å². The average molecular weight is 409 g/mol. The highest BCUT2D eigenvalue weighted by Crippen LogP contribution is 2.29. The Balaban J connectivity index is 1.51. The zero-order chi connectivity index (χ0) is 20.5. The molecule has 3 aromatic heterocycles. The summed E-state index contributed by atoms with van der Waals surface area (Å²) in [5.74, 6) is 1.17. The number of amides is 1. The summed E-state index contributed by atoms with van der Waals surface area (Å²) in [7, 11) is 1.60. The van der Waals surface area contributed by atoms with E-state index in [1.165, 1.54) is 17.5 Å². The molecule has 3 heterocycles. The molecule has 0 saturated carbocycles. The summed E-state index contributed by atoms with van der Waals surface area (Å²) in [6, 6.07) is 9.01. The maximum absolute atomic E-state index is 12.6. The van der Waals surface area contributed by atoms with E-state index in [1.54, 1.807) is 36.9 Å². The Hall–Kier alpha value is -3.59. The van der Waals surface area contributed by atoms with Crippen molar-refractivity contribution in [3.8, 4) is 11.5 Å². The van der Waals surface area contributed by atoms with Gasteiger partial charge in [-0.15, -0.1) is 5.10 Å². The van der Waals surface area contributed by atoms with Gasteiger partial charge in [0.25, 0.3) is 5.91 Å². The molecule has 0 unspecified atom stereocenters. The molecule has 0 aliphatic rings. The monoisotopic (exact) mass is 409 g/mol. The van der Waals surface area contributed by atoms with Gasteiger partial charge in [0.1, 0.15) is 16.4 Å². The van der Waals surface area contributed by atoms with Gasteiger partial charge in [0, 0.05) is 11.6 Å². The molecule has 9 heteroatoms. The molecule has 4 aromatic rings. The van der Waals surface area contributed by atoms with E-state index in [4.69, 9.17) is 4.74 Å². The number of aryl methyl sites for hydroxylation is 1. The lowest BCUT2D eigenvalue weighted by atomic mass is 10.1. The fourth-order valence-corrected chi connectivity index (χ4v) is 3.62. The first-order valence-corrected chi connectivity index (χ1v) is 9.63. The van der Waals surface area contributed by atoms with Crippen molar-refractivity contribution >= 4 is 39.4 Å². The first kappa shape index (κ1) is 18.8. The Morgan fingerprint density at radius 1 is 1.24 bits per heavy atom. The minimum absolute atomic E-state index is 0.140. The molecule has 1 amide bonds. The first-order chi connectivity index (χ1) is 13.9. The van der Waals surface area contributed by atoms with Crippen LogP contribution in [0, 0.1) is 13.8 Å². The number of thiazole rings is 1. The number of benzene rings is 1. The Bertz CT molecular complexity index is 1210. The van der Waals surface area contributed by atoms with Crippen LogP contribution in [0.2, 0.25) is 0 Å². The van der Waals surface area contributed by atoms with Crippen molar-refractivity contribution < 1.29 is 14.6 Å². The summed E-state index contributed by atoms with van der Waals surface area (Å²) < 4.78 is 6.91. The largest absolute Gasteiger partial charge is 0.508 e. The molecular weight excluding hydrogens is 390 g/mol. The molecular formula is C20H19N5O3S. The maximum atomic E-state index is 12.6. The van der Waals surface area contributed by atoms with Crippen LogP contribution in [0.15, 0.2) is 42.7 Å². The predicted octanol–water partition coefficient (Wildman–Crippen LogP) is 4.12. The molecule has 8 nitrogen and oxygen atoms in total. The predicted molar refractivity (Wildman–Crippen MR) is 113 cm³/mol. The number of nitrogens with one attached hydrogen (secondary N) is 2. The number of aromatic nitrogens is 3. The molecule has 3 N–H and O–H groups in total. The van der Waals surface area contributed by atoms with Crippen LogP contribution in [0.3, 0.4) is 0 Å². The highest BCUT2D eigenvalue weighted by molar-refractivity contribution is 7.17. The number of pyridine rings is 1. The molecule has 1 aromatic carbocycles. The number of phenols is 1. The van der Waals surface area contributed by atoms with E-state index in [9.17, 15) is 9.90 Å². The first-order valence-electron chi connectivity index (χ1n) is 8.81. The van der Waals surface area contributed by atoms with Crippen molar-refractivity contribution in [1.29, 1.82) is 0 Å². The van der Waals surface area contributed by atoms with Crippen LogP contribution in [0.4, 0.5) is 16.6 Å². The van der Waals surface area contributed by atoms with Gasteiger partial charge in [0.2, 0.25) is 0 Å². The maximum Gasteiger partial charge on any atom is 0.267 e. The molecule has 0 aliphatic heterocycles. The number of rotatable bonds is 5. The van der Waals surface area contributed by atoms with Crippen LogP contribution in [0.5, 0.6) is 11.5 Å². The van der Waals surface area contributed by atoms with E-state index < -0.39 is 0 Å². The summed E-state index contributed by atoms with van der Waals surface area (Å²) in [4.78, 5) is 17.3. The molecule has 0 saturated heterocycles. The Kier molecular flexibility index (Phi) is 4.81. The molecule has 0 aliphatic carbocycles.